The first-order valence-electron chi connectivity index (χ1n) is 5.84. The molecule has 106 valence electrons. The second-order valence-electron chi connectivity index (χ2n) is 3.51. The minimum atomic E-state index is -3.52. The molecule has 0 aliphatic heterocycles. The quantitative estimate of drug-likeness (QED) is 0.439. The van der Waals surface area contributed by atoms with Gasteiger partial charge >= 0.3 is 13.6 Å². The van der Waals surface area contributed by atoms with Crippen LogP contribution in [0.1, 0.15) is 13.8 Å². The van der Waals surface area contributed by atoms with E-state index in [-0.39, 0.29) is 19.0 Å². The lowest BCUT2D eigenvalue weighted by Crippen LogP contribution is -2.16. The molecule has 0 spiro atoms. The molecule has 0 amide bonds. The molecule has 0 aromatic heterocycles. The van der Waals surface area contributed by atoms with Gasteiger partial charge in [-0.3, -0.25) is 9.36 Å². The molecule has 1 rings (SSSR count). The molecule has 5 nitrogen and oxygen atoms in total. The maximum Gasteiger partial charge on any atom is 0.341 e. The molecule has 0 radical (unpaired) electrons. The van der Waals surface area contributed by atoms with Crippen LogP contribution in [-0.4, -0.2) is 25.3 Å². The van der Waals surface area contributed by atoms with E-state index in [0.717, 1.165) is 6.07 Å². The normalized spacial score (nSPS) is 11.3. The van der Waals surface area contributed by atoms with Gasteiger partial charge in [-0.25, -0.2) is 4.39 Å². The third kappa shape index (κ3) is 5.11. The van der Waals surface area contributed by atoms with Gasteiger partial charge in [0.25, 0.3) is 0 Å². The van der Waals surface area contributed by atoms with Gasteiger partial charge in [0.1, 0.15) is 6.16 Å². The van der Waals surface area contributed by atoms with Crippen LogP contribution in [0, 0.1) is 5.82 Å². The van der Waals surface area contributed by atoms with Crippen LogP contribution < -0.4 is 4.74 Å². The number of benzene rings is 1. The summed E-state index contributed by atoms with van der Waals surface area (Å²) >= 11 is 0. The van der Waals surface area contributed by atoms with Crippen molar-refractivity contribution >= 4 is 13.6 Å². The lowest BCUT2D eigenvalue weighted by Gasteiger charge is -2.16. The summed E-state index contributed by atoms with van der Waals surface area (Å²) in [6, 6.07) is 5.46. The molecular weight excluding hydrogens is 274 g/mol. The third-order valence-electron chi connectivity index (χ3n) is 2.03. The molecule has 19 heavy (non-hydrogen) atoms. The van der Waals surface area contributed by atoms with Gasteiger partial charge in [0, 0.05) is 0 Å². The predicted octanol–water partition coefficient (Wildman–Crippen LogP) is 3.00. The van der Waals surface area contributed by atoms with E-state index in [1.165, 1.54) is 18.2 Å². The van der Waals surface area contributed by atoms with Crippen LogP contribution in [0.2, 0.25) is 0 Å². The van der Waals surface area contributed by atoms with Gasteiger partial charge in [0.05, 0.1) is 13.2 Å². The zero-order valence-electron chi connectivity index (χ0n) is 10.8. The van der Waals surface area contributed by atoms with E-state index < -0.39 is 25.5 Å². The van der Waals surface area contributed by atoms with E-state index in [1.54, 1.807) is 13.8 Å². The van der Waals surface area contributed by atoms with Crippen molar-refractivity contribution in [1.82, 2.24) is 0 Å². The Labute approximate surface area is 111 Å². The fourth-order valence-corrected chi connectivity index (χ4v) is 2.79. The van der Waals surface area contributed by atoms with E-state index in [4.69, 9.17) is 13.8 Å². The molecule has 0 unspecified atom stereocenters. The lowest BCUT2D eigenvalue weighted by atomic mass is 10.3. The number of hydrogen-bond donors (Lipinski definition) is 0. The topological polar surface area (TPSA) is 61.8 Å². The van der Waals surface area contributed by atoms with E-state index in [9.17, 15) is 13.8 Å². The van der Waals surface area contributed by atoms with Crippen molar-refractivity contribution in [2.24, 2.45) is 0 Å². The van der Waals surface area contributed by atoms with Crippen molar-refractivity contribution in [1.29, 1.82) is 0 Å². The van der Waals surface area contributed by atoms with E-state index in [0.29, 0.717) is 0 Å². The van der Waals surface area contributed by atoms with E-state index >= 15 is 0 Å². The first kappa shape index (κ1) is 15.8. The highest BCUT2D eigenvalue weighted by atomic mass is 31.2. The van der Waals surface area contributed by atoms with Crippen LogP contribution in [0.4, 0.5) is 4.39 Å². The number of halogens is 1. The summed E-state index contributed by atoms with van der Waals surface area (Å²) in [7, 11) is -3.52. The zero-order chi connectivity index (χ0) is 14.3. The minimum Gasteiger partial charge on any atom is -0.423 e. The SMILES string of the molecule is CCOP(=O)(CC(=O)Oc1ccccc1F)OCC. The van der Waals surface area contributed by atoms with Crippen molar-refractivity contribution < 1.29 is 27.5 Å². The van der Waals surface area contributed by atoms with Crippen LogP contribution in [0.3, 0.4) is 0 Å². The molecule has 0 saturated heterocycles. The van der Waals surface area contributed by atoms with Crippen LogP contribution >= 0.6 is 7.60 Å². The Balaban J connectivity index is 2.68. The van der Waals surface area contributed by atoms with Crippen molar-refractivity contribution in [3.8, 4) is 5.75 Å². The second kappa shape index (κ2) is 7.38. The minimum absolute atomic E-state index is 0.143. The first-order valence-corrected chi connectivity index (χ1v) is 7.57. The molecule has 0 aliphatic rings. The Kier molecular flexibility index (Phi) is 6.15. The number of ether oxygens (including phenoxy) is 1. The van der Waals surface area contributed by atoms with Crippen molar-refractivity contribution in [3.05, 3.63) is 30.1 Å². The summed E-state index contributed by atoms with van der Waals surface area (Å²) in [6.07, 6.45) is -0.553. The molecule has 0 atom stereocenters. The monoisotopic (exact) mass is 290 g/mol. The van der Waals surface area contributed by atoms with Gasteiger partial charge in [0.2, 0.25) is 0 Å². The summed E-state index contributed by atoms with van der Waals surface area (Å²) in [5.41, 5.74) is 0. The Morgan fingerprint density at radius 3 is 2.32 bits per heavy atom. The number of esters is 1. The first-order chi connectivity index (χ1) is 9.00. The highest BCUT2D eigenvalue weighted by Gasteiger charge is 2.29. The van der Waals surface area contributed by atoms with Gasteiger partial charge in [-0.1, -0.05) is 12.1 Å². The summed E-state index contributed by atoms with van der Waals surface area (Å²) in [4.78, 5) is 11.6. The number of rotatable bonds is 7. The highest BCUT2D eigenvalue weighted by molar-refractivity contribution is 7.54. The Bertz CT molecular complexity index is 467. The largest absolute Gasteiger partial charge is 0.423 e. The van der Waals surface area contributed by atoms with Crippen LogP contribution in [0.15, 0.2) is 24.3 Å². The summed E-state index contributed by atoms with van der Waals surface area (Å²) in [5.74, 6) is -1.75. The van der Waals surface area contributed by atoms with Gasteiger partial charge < -0.3 is 13.8 Å². The fraction of sp³-hybridized carbons (Fsp3) is 0.417. The summed E-state index contributed by atoms with van der Waals surface area (Å²) in [6.45, 7) is 3.55. The van der Waals surface area contributed by atoms with Crippen LogP contribution in [0.5, 0.6) is 5.75 Å². The number of hydrogen-bond acceptors (Lipinski definition) is 5. The van der Waals surface area contributed by atoms with Gasteiger partial charge in [0.15, 0.2) is 11.6 Å². The molecule has 0 fully saturated rings. The van der Waals surface area contributed by atoms with Gasteiger partial charge in [-0.15, -0.1) is 0 Å². The van der Waals surface area contributed by atoms with Crippen molar-refractivity contribution in [2.75, 3.05) is 19.4 Å². The third-order valence-corrected chi connectivity index (χ3v) is 3.98. The molecule has 0 bridgehead atoms. The molecule has 7 heteroatoms. The van der Waals surface area contributed by atoms with Crippen LogP contribution in [0.25, 0.3) is 0 Å². The molecule has 1 aromatic carbocycles. The average Bonchev–Trinajstić information content (AvgIpc) is 2.32. The standard InChI is InChI=1S/C12H16FO5P/c1-3-16-19(15,17-4-2)9-12(14)18-11-8-6-5-7-10(11)13/h5-8H,3-4,9H2,1-2H3. The van der Waals surface area contributed by atoms with E-state index in [1.807, 2.05) is 0 Å². The number of para-hydroxylation sites is 1. The molecule has 0 aliphatic carbocycles. The average molecular weight is 290 g/mol. The molecular formula is C12H16FO5P. The maximum absolute atomic E-state index is 13.3. The Morgan fingerprint density at radius 1 is 1.21 bits per heavy atom. The van der Waals surface area contributed by atoms with E-state index in [2.05, 4.69) is 0 Å². The van der Waals surface area contributed by atoms with Crippen molar-refractivity contribution in [2.45, 2.75) is 13.8 Å². The Hall–Kier alpha value is -1.23. The zero-order valence-corrected chi connectivity index (χ0v) is 11.7. The number of carbonyl (C=O) groups excluding carboxylic acids is 1. The highest BCUT2D eigenvalue weighted by Crippen LogP contribution is 2.47. The predicted molar refractivity (Wildman–Crippen MR) is 67.8 cm³/mol. The summed E-state index contributed by atoms with van der Waals surface area (Å²) < 4.78 is 40.0. The number of carbonyl (C=O) groups is 1. The molecule has 0 heterocycles. The van der Waals surface area contributed by atoms with Gasteiger partial charge in [-0.05, 0) is 26.0 Å². The maximum atomic E-state index is 13.3. The second-order valence-corrected chi connectivity index (χ2v) is 5.56. The molecule has 1 aromatic rings. The van der Waals surface area contributed by atoms with Crippen LogP contribution in [-0.2, 0) is 18.4 Å². The smallest absolute Gasteiger partial charge is 0.341 e. The molecule has 0 N–H and O–H groups in total. The Morgan fingerprint density at radius 2 is 1.79 bits per heavy atom. The molecule has 0 saturated carbocycles. The van der Waals surface area contributed by atoms with Crippen molar-refractivity contribution in [3.63, 3.8) is 0 Å². The lowest BCUT2D eigenvalue weighted by molar-refractivity contribution is -0.132. The fourth-order valence-electron chi connectivity index (χ4n) is 1.36. The summed E-state index contributed by atoms with van der Waals surface area (Å²) in [5, 5.41) is 0. The van der Waals surface area contributed by atoms with Gasteiger partial charge in [-0.2, -0.15) is 0 Å².